The van der Waals surface area contributed by atoms with Gasteiger partial charge >= 0.3 is 17.1 Å². The van der Waals surface area contributed by atoms with Crippen LogP contribution >= 0.6 is 15.8 Å². The third kappa shape index (κ3) is 6.75. The molecule has 0 aliphatic rings. The summed E-state index contributed by atoms with van der Waals surface area (Å²) in [5.74, 6) is 0. The van der Waals surface area contributed by atoms with Gasteiger partial charge in [0.25, 0.3) is 0 Å². The Morgan fingerprint density at radius 2 is 1.23 bits per heavy atom. The Labute approximate surface area is 201 Å². The Kier molecular flexibility index (Phi) is 11.5. The average molecular weight is 486 g/mol. The first-order valence-corrected chi connectivity index (χ1v) is 14.0. The molecule has 0 saturated heterocycles. The van der Waals surface area contributed by atoms with Crippen molar-refractivity contribution in [1.82, 2.24) is 0 Å². The topological polar surface area (TPSA) is 0 Å². The molecule has 0 saturated carbocycles. The summed E-state index contributed by atoms with van der Waals surface area (Å²) in [4.78, 5) is 0. The Balaban J connectivity index is 0.000000501. The molecule has 4 rings (SSSR count). The van der Waals surface area contributed by atoms with Crippen LogP contribution in [0, 0.1) is 0 Å². The average Bonchev–Trinajstić information content (AvgIpc) is 3.51. The summed E-state index contributed by atoms with van der Waals surface area (Å²) in [7, 11) is -0.538. The van der Waals surface area contributed by atoms with E-state index in [1.165, 1.54) is 22.9 Å². The molecular formula is C28H32FeP2. The summed E-state index contributed by atoms with van der Waals surface area (Å²) in [6.45, 7) is 7.02. The maximum Gasteiger partial charge on any atom is 2.00 e. The number of aryl methyl sites for hydroxylation is 1. The van der Waals surface area contributed by atoms with Gasteiger partial charge in [-0.3, -0.25) is 0 Å². The minimum atomic E-state index is -0.479. The molecule has 0 bridgehead atoms. The standard InChI is InChI=1S/C23H27P2.C5H5.Fe/c1-4-19-17-18-22(23(19)24(5-2)6-3)25(20-13-9-7-10-14-20)21-15-11-8-12-16-21;1-2-4-5-3-1;/h7-18H,4-6H2,1-3H3;1-5H;/q2*-1;+2. The van der Waals surface area contributed by atoms with Gasteiger partial charge in [-0.1, -0.05) is 95.8 Å². The van der Waals surface area contributed by atoms with Crippen LogP contribution in [0.25, 0.3) is 0 Å². The van der Waals surface area contributed by atoms with Gasteiger partial charge in [-0.25, -0.2) is 18.2 Å². The summed E-state index contributed by atoms with van der Waals surface area (Å²) >= 11 is 0. The first-order chi connectivity index (χ1) is 14.8. The van der Waals surface area contributed by atoms with Gasteiger partial charge in [0.1, 0.15) is 0 Å². The number of hydrogen-bond acceptors (Lipinski definition) is 0. The zero-order valence-corrected chi connectivity index (χ0v) is 21.6. The number of benzene rings is 2. The van der Waals surface area contributed by atoms with Crippen molar-refractivity contribution >= 4 is 37.1 Å². The molecule has 0 amide bonds. The van der Waals surface area contributed by atoms with Crippen LogP contribution in [0.5, 0.6) is 0 Å². The van der Waals surface area contributed by atoms with E-state index in [9.17, 15) is 0 Å². The van der Waals surface area contributed by atoms with Crippen LogP contribution in [-0.2, 0) is 23.5 Å². The molecule has 0 fully saturated rings. The molecule has 0 heterocycles. The Bertz CT molecular complexity index is 898. The van der Waals surface area contributed by atoms with Gasteiger partial charge in [-0.05, 0) is 22.9 Å². The second kappa shape index (κ2) is 13.8. The maximum atomic E-state index is 2.43. The van der Waals surface area contributed by atoms with Crippen molar-refractivity contribution in [3.05, 3.63) is 109 Å². The van der Waals surface area contributed by atoms with E-state index >= 15 is 0 Å². The van der Waals surface area contributed by atoms with E-state index in [1.807, 2.05) is 30.3 Å². The van der Waals surface area contributed by atoms with E-state index < -0.39 is 7.92 Å². The maximum absolute atomic E-state index is 2.43. The molecule has 0 nitrogen and oxygen atoms in total. The Hall–Kier alpha value is -1.48. The van der Waals surface area contributed by atoms with E-state index in [-0.39, 0.29) is 25.0 Å². The quantitative estimate of drug-likeness (QED) is 0.164. The summed E-state index contributed by atoms with van der Waals surface area (Å²) < 4.78 is 0. The van der Waals surface area contributed by atoms with Crippen LogP contribution in [0.15, 0.2) is 103 Å². The third-order valence-electron chi connectivity index (χ3n) is 5.27. The second-order valence-corrected chi connectivity index (χ2v) is 12.1. The van der Waals surface area contributed by atoms with E-state index in [2.05, 4.69) is 93.6 Å². The second-order valence-electron chi connectivity index (χ2n) is 7.09. The normalized spacial score (nSPS) is 10.5. The van der Waals surface area contributed by atoms with Crippen LogP contribution < -0.4 is 21.2 Å². The van der Waals surface area contributed by atoms with Crippen molar-refractivity contribution in [3.63, 3.8) is 0 Å². The molecule has 0 unspecified atom stereocenters. The molecule has 0 aromatic heterocycles. The monoisotopic (exact) mass is 486 g/mol. The largest absolute Gasteiger partial charge is 2.00 e. The minimum Gasteiger partial charge on any atom is -0.214 e. The van der Waals surface area contributed by atoms with Crippen LogP contribution in [0.1, 0.15) is 26.3 Å². The minimum absolute atomic E-state index is 0. The molecule has 31 heavy (non-hydrogen) atoms. The third-order valence-corrected chi connectivity index (χ3v) is 10.6. The van der Waals surface area contributed by atoms with Crippen LogP contribution in [0.4, 0.5) is 0 Å². The van der Waals surface area contributed by atoms with E-state index in [0.717, 1.165) is 6.42 Å². The van der Waals surface area contributed by atoms with E-state index in [1.54, 1.807) is 16.2 Å². The van der Waals surface area contributed by atoms with Gasteiger partial charge < -0.3 is 0 Å². The summed E-state index contributed by atoms with van der Waals surface area (Å²) in [5, 5.41) is 6.21. The molecule has 3 heteroatoms. The van der Waals surface area contributed by atoms with E-state index in [0.29, 0.717) is 0 Å². The van der Waals surface area contributed by atoms with Crippen molar-refractivity contribution < 1.29 is 17.1 Å². The van der Waals surface area contributed by atoms with Crippen molar-refractivity contribution in [1.29, 1.82) is 0 Å². The SMILES string of the molecule is CCc1cc[c-](P(c2ccccc2)c2ccccc2)c1P(CC)CC.[Fe+2].c1cc[cH-]c1. The Morgan fingerprint density at radius 3 is 1.61 bits per heavy atom. The van der Waals surface area contributed by atoms with Gasteiger partial charge in [0.15, 0.2) is 0 Å². The Morgan fingerprint density at radius 1 is 0.710 bits per heavy atom. The van der Waals surface area contributed by atoms with Crippen LogP contribution in [0.3, 0.4) is 0 Å². The van der Waals surface area contributed by atoms with Crippen molar-refractivity contribution in [3.8, 4) is 0 Å². The molecule has 0 aliphatic carbocycles. The zero-order valence-electron chi connectivity index (χ0n) is 18.7. The number of rotatable bonds is 7. The van der Waals surface area contributed by atoms with Gasteiger partial charge in [0, 0.05) is 0 Å². The molecule has 4 aromatic carbocycles. The number of hydrogen-bond donors (Lipinski definition) is 0. The fourth-order valence-electron chi connectivity index (χ4n) is 3.77. The predicted molar refractivity (Wildman–Crippen MR) is 140 cm³/mol. The zero-order chi connectivity index (χ0) is 21.2. The van der Waals surface area contributed by atoms with Gasteiger partial charge in [-0.2, -0.15) is 29.8 Å². The molecule has 4 aromatic rings. The van der Waals surface area contributed by atoms with Crippen molar-refractivity contribution in [2.75, 3.05) is 12.3 Å². The molecule has 0 radical (unpaired) electrons. The van der Waals surface area contributed by atoms with Crippen LogP contribution in [0.2, 0.25) is 0 Å². The molecule has 0 N–H and O–H groups in total. The van der Waals surface area contributed by atoms with Gasteiger partial charge in [0.2, 0.25) is 0 Å². The molecule has 162 valence electrons. The molecule has 0 atom stereocenters. The molecule has 0 aliphatic heterocycles. The van der Waals surface area contributed by atoms with Gasteiger partial charge in [0.05, 0.1) is 0 Å². The fourth-order valence-corrected chi connectivity index (χ4v) is 8.99. The smallest absolute Gasteiger partial charge is 0.214 e. The molecular weight excluding hydrogens is 454 g/mol. The van der Waals surface area contributed by atoms with Crippen molar-refractivity contribution in [2.45, 2.75) is 27.2 Å². The van der Waals surface area contributed by atoms with Crippen LogP contribution in [-0.4, -0.2) is 12.3 Å². The first-order valence-electron chi connectivity index (χ1n) is 10.9. The van der Waals surface area contributed by atoms with E-state index in [4.69, 9.17) is 0 Å². The fraction of sp³-hybridized carbons (Fsp3) is 0.214. The summed E-state index contributed by atoms with van der Waals surface area (Å²) in [6.07, 6.45) is 3.70. The summed E-state index contributed by atoms with van der Waals surface area (Å²) in [6, 6.07) is 37.0. The van der Waals surface area contributed by atoms with Gasteiger partial charge in [-0.15, -0.1) is 18.5 Å². The predicted octanol–water partition coefficient (Wildman–Crippen LogP) is 6.28. The van der Waals surface area contributed by atoms with Crippen molar-refractivity contribution in [2.24, 2.45) is 0 Å². The summed E-state index contributed by atoms with van der Waals surface area (Å²) in [5.41, 5.74) is 1.57. The molecule has 0 spiro atoms. The first kappa shape index (κ1) is 25.8.